The summed E-state index contributed by atoms with van der Waals surface area (Å²) < 4.78 is 8.65. The number of aryl methyl sites for hydroxylation is 1. The van der Waals surface area contributed by atoms with Crippen LogP contribution in [0.15, 0.2) is 10.7 Å². The number of hydrogen-bond donors (Lipinski definition) is 0. The third-order valence-corrected chi connectivity index (χ3v) is 2.94. The first-order valence-corrected chi connectivity index (χ1v) is 5.80. The van der Waals surface area contributed by atoms with Crippen LogP contribution in [0.2, 0.25) is 0 Å². The molecule has 14 heavy (non-hydrogen) atoms. The Hall–Kier alpha value is -0.350. The molecule has 0 radical (unpaired) electrons. The summed E-state index contributed by atoms with van der Waals surface area (Å²) in [5.41, 5.74) is 1.12. The standard InChI is InChI=1S/C10H17BrN2O/c1-4-8(3)14-7-10-9(11)6-12-13(10)5-2/h6,8H,4-5,7H2,1-3H3/t8-/m0/s1. The Morgan fingerprint density at radius 2 is 2.29 bits per heavy atom. The summed E-state index contributed by atoms with van der Waals surface area (Å²) in [5.74, 6) is 0. The minimum atomic E-state index is 0.308. The van der Waals surface area contributed by atoms with E-state index >= 15 is 0 Å². The predicted octanol–water partition coefficient (Wildman–Crippen LogP) is 2.98. The van der Waals surface area contributed by atoms with Gasteiger partial charge in [-0.15, -0.1) is 0 Å². The molecule has 1 rings (SSSR count). The Kier molecular flexibility index (Phi) is 4.62. The van der Waals surface area contributed by atoms with E-state index in [1.807, 2.05) is 10.9 Å². The zero-order valence-corrected chi connectivity index (χ0v) is 10.5. The first-order valence-electron chi connectivity index (χ1n) is 5.00. The lowest BCUT2D eigenvalue weighted by molar-refractivity contribution is 0.0464. The van der Waals surface area contributed by atoms with E-state index in [9.17, 15) is 0 Å². The van der Waals surface area contributed by atoms with Crippen molar-refractivity contribution < 1.29 is 4.74 Å². The normalized spacial score (nSPS) is 13.1. The fraction of sp³-hybridized carbons (Fsp3) is 0.700. The Bertz CT molecular complexity index is 286. The smallest absolute Gasteiger partial charge is 0.0899 e. The molecule has 1 heterocycles. The number of ether oxygens (including phenoxy) is 1. The first kappa shape index (κ1) is 11.7. The fourth-order valence-electron chi connectivity index (χ4n) is 1.14. The molecule has 80 valence electrons. The summed E-state index contributed by atoms with van der Waals surface area (Å²) in [4.78, 5) is 0. The zero-order chi connectivity index (χ0) is 10.6. The molecule has 0 aliphatic carbocycles. The molecular weight excluding hydrogens is 244 g/mol. The lowest BCUT2D eigenvalue weighted by Gasteiger charge is -2.11. The SMILES string of the molecule is CC[C@H](C)OCc1c(Br)cnn1CC. The van der Waals surface area contributed by atoms with Gasteiger partial charge in [-0.2, -0.15) is 5.10 Å². The van der Waals surface area contributed by atoms with Gasteiger partial charge in [-0.1, -0.05) is 6.92 Å². The first-order chi connectivity index (χ1) is 6.69. The molecule has 1 atom stereocenters. The number of nitrogens with zero attached hydrogens (tertiary/aromatic N) is 2. The molecule has 0 aromatic carbocycles. The van der Waals surface area contributed by atoms with Crippen LogP contribution < -0.4 is 0 Å². The maximum atomic E-state index is 5.67. The Morgan fingerprint density at radius 3 is 2.86 bits per heavy atom. The van der Waals surface area contributed by atoms with Crippen LogP contribution in [-0.2, 0) is 17.9 Å². The minimum Gasteiger partial charge on any atom is -0.372 e. The Labute approximate surface area is 93.6 Å². The monoisotopic (exact) mass is 260 g/mol. The van der Waals surface area contributed by atoms with E-state index in [2.05, 4.69) is 41.8 Å². The van der Waals surface area contributed by atoms with E-state index in [4.69, 9.17) is 4.74 Å². The van der Waals surface area contributed by atoms with Gasteiger partial charge in [0.05, 0.1) is 29.1 Å². The molecule has 0 bridgehead atoms. The van der Waals surface area contributed by atoms with Crippen LogP contribution in [-0.4, -0.2) is 15.9 Å². The third kappa shape index (κ3) is 2.82. The van der Waals surface area contributed by atoms with Crippen molar-refractivity contribution in [2.45, 2.75) is 46.4 Å². The van der Waals surface area contributed by atoms with Crippen LogP contribution in [0.25, 0.3) is 0 Å². The second-order valence-electron chi connectivity index (χ2n) is 3.28. The van der Waals surface area contributed by atoms with E-state index in [1.54, 1.807) is 0 Å². The molecule has 0 unspecified atom stereocenters. The van der Waals surface area contributed by atoms with Crippen molar-refractivity contribution >= 4 is 15.9 Å². The highest BCUT2D eigenvalue weighted by molar-refractivity contribution is 9.10. The lowest BCUT2D eigenvalue weighted by Crippen LogP contribution is -2.10. The van der Waals surface area contributed by atoms with Gasteiger partial charge in [0, 0.05) is 6.54 Å². The second-order valence-corrected chi connectivity index (χ2v) is 4.14. The van der Waals surface area contributed by atoms with Crippen molar-refractivity contribution in [1.82, 2.24) is 9.78 Å². The van der Waals surface area contributed by atoms with E-state index in [-0.39, 0.29) is 0 Å². The van der Waals surface area contributed by atoms with E-state index < -0.39 is 0 Å². The number of aromatic nitrogens is 2. The number of rotatable bonds is 5. The Balaban J connectivity index is 2.60. The van der Waals surface area contributed by atoms with Gasteiger partial charge in [0.2, 0.25) is 0 Å². The molecule has 0 fully saturated rings. The summed E-state index contributed by atoms with van der Waals surface area (Å²) >= 11 is 3.47. The quantitative estimate of drug-likeness (QED) is 0.814. The number of hydrogen-bond acceptors (Lipinski definition) is 2. The molecule has 0 saturated carbocycles. The Morgan fingerprint density at radius 1 is 1.57 bits per heavy atom. The summed E-state index contributed by atoms with van der Waals surface area (Å²) in [6, 6.07) is 0. The molecule has 0 aliphatic rings. The van der Waals surface area contributed by atoms with Crippen molar-refractivity contribution in [3.05, 3.63) is 16.4 Å². The molecule has 0 spiro atoms. The molecule has 0 amide bonds. The summed E-state index contributed by atoms with van der Waals surface area (Å²) in [7, 11) is 0. The molecule has 1 aromatic rings. The van der Waals surface area contributed by atoms with Crippen LogP contribution in [0, 0.1) is 0 Å². The third-order valence-electron chi connectivity index (χ3n) is 2.28. The van der Waals surface area contributed by atoms with Crippen LogP contribution in [0.3, 0.4) is 0 Å². The highest BCUT2D eigenvalue weighted by atomic mass is 79.9. The summed E-state index contributed by atoms with van der Waals surface area (Å²) in [6.45, 7) is 7.79. The van der Waals surface area contributed by atoms with E-state index in [0.717, 1.165) is 23.1 Å². The molecule has 4 heteroatoms. The molecule has 3 nitrogen and oxygen atoms in total. The summed E-state index contributed by atoms with van der Waals surface area (Å²) in [5, 5.41) is 4.23. The molecular formula is C10H17BrN2O. The van der Waals surface area contributed by atoms with Crippen molar-refractivity contribution in [3.63, 3.8) is 0 Å². The molecule has 0 N–H and O–H groups in total. The van der Waals surface area contributed by atoms with Crippen molar-refractivity contribution in [2.75, 3.05) is 0 Å². The van der Waals surface area contributed by atoms with Crippen LogP contribution >= 0.6 is 15.9 Å². The van der Waals surface area contributed by atoms with Gasteiger partial charge in [-0.3, -0.25) is 4.68 Å². The average Bonchev–Trinajstić information content (AvgIpc) is 2.55. The van der Waals surface area contributed by atoms with Crippen LogP contribution in [0.5, 0.6) is 0 Å². The van der Waals surface area contributed by atoms with Crippen molar-refractivity contribution in [1.29, 1.82) is 0 Å². The lowest BCUT2D eigenvalue weighted by atomic mass is 10.3. The van der Waals surface area contributed by atoms with Gasteiger partial charge in [-0.05, 0) is 36.2 Å². The molecule has 1 aromatic heterocycles. The largest absolute Gasteiger partial charge is 0.372 e. The predicted molar refractivity (Wildman–Crippen MR) is 60.1 cm³/mol. The fourth-order valence-corrected chi connectivity index (χ4v) is 1.55. The maximum Gasteiger partial charge on any atom is 0.0899 e. The minimum absolute atomic E-state index is 0.308. The molecule has 0 saturated heterocycles. The van der Waals surface area contributed by atoms with Gasteiger partial charge in [0.1, 0.15) is 0 Å². The molecule has 0 aliphatic heterocycles. The van der Waals surface area contributed by atoms with Crippen molar-refractivity contribution in [3.8, 4) is 0 Å². The van der Waals surface area contributed by atoms with Gasteiger partial charge < -0.3 is 4.74 Å². The van der Waals surface area contributed by atoms with Gasteiger partial charge in [0.15, 0.2) is 0 Å². The highest BCUT2D eigenvalue weighted by Gasteiger charge is 2.08. The highest BCUT2D eigenvalue weighted by Crippen LogP contribution is 2.17. The van der Waals surface area contributed by atoms with Gasteiger partial charge in [0.25, 0.3) is 0 Å². The zero-order valence-electron chi connectivity index (χ0n) is 8.96. The topological polar surface area (TPSA) is 27.1 Å². The van der Waals surface area contributed by atoms with Crippen LogP contribution in [0.4, 0.5) is 0 Å². The summed E-state index contributed by atoms with van der Waals surface area (Å²) in [6.07, 6.45) is 3.17. The van der Waals surface area contributed by atoms with E-state index in [1.165, 1.54) is 0 Å². The maximum absolute atomic E-state index is 5.67. The van der Waals surface area contributed by atoms with Crippen LogP contribution in [0.1, 0.15) is 32.9 Å². The average molecular weight is 261 g/mol. The number of halogens is 1. The van der Waals surface area contributed by atoms with Gasteiger partial charge in [-0.25, -0.2) is 0 Å². The van der Waals surface area contributed by atoms with Gasteiger partial charge >= 0.3 is 0 Å². The van der Waals surface area contributed by atoms with Crippen molar-refractivity contribution in [2.24, 2.45) is 0 Å². The van der Waals surface area contributed by atoms with E-state index in [0.29, 0.717) is 12.7 Å². The second kappa shape index (κ2) is 5.51.